The molecule has 120 valence electrons. The average molecular weight is 327 g/mol. The molecule has 1 aromatic carbocycles. The molecule has 1 rings (SSSR count). The maximum absolute atomic E-state index is 12.1. The van der Waals surface area contributed by atoms with E-state index in [0.29, 0.717) is 12.8 Å². The Bertz CT molecular complexity index is 560. The number of benzene rings is 1. The van der Waals surface area contributed by atoms with Crippen LogP contribution in [0.4, 0.5) is 13.2 Å². The number of nitrogens with one attached hydrogen (secondary N) is 1. The molecule has 0 fully saturated rings. The molecule has 9 heteroatoms. The molecule has 21 heavy (non-hydrogen) atoms. The standard InChI is InChI=1S/C12H16F3NO4S/c1-9(4-3-7-17)16-21(18,19)11-6-2-5-10(8-11)20-12(13,14)15/h2,5-6,8-9,16-17H,3-4,7H2,1H3. The van der Waals surface area contributed by atoms with E-state index in [4.69, 9.17) is 5.11 Å². The van der Waals surface area contributed by atoms with Crippen LogP contribution in [-0.2, 0) is 10.0 Å². The van der Waals surface area contributed by atoms with Gasteiger partial charge in [0, 0.05) is 18.7 Å². The molecule has 0 aliphatic heterocycles. The first kappa shape index (κ1) is 17.7. The second-order valence-corrected chi connectivity index (χ2v) is 6.12. The van der Waals surface area contributed by atoms with Gasteiger partial charge < -0.3 is 9.84 Å². The predicted molar refractivity (Wildman–Crippen MR) is 69.2 cm³/mol. The van der Waals surface area contributed by atoms with Crippen molar-refractivity contribution in [2.24, 2.45) is 0 Å². The highest BCUT2D eigenvalue weighted by Crippen LogP contribution is 2.25. The van der Waals surface area contributed by atoms with E-state index in [1.54, 1.807) is 6.92 Å². The second kappa shape index (κ2) is 7.10. The fourth-order valence-electron chi connectivity index (χ4n) is 1.63. The van der Waals surface area contributed by atoms with Crippen molar-refractivity contribution < 1.29 is 31.4 Å². The van der Waals surface area contributed by atoms with Gasteiger partial charge in [-0.2, -0.15) is 0 Å². The van der Waals surface area contributed by atoms with E-state index in [2.05, 4.69) is 9.46 Å². The summed E-state index contributed by atoms with van der Waals surface area (Å²) < 4.78 is 66.4. The number of rotatable bonds is 7. The Labute approximate surface area is 120 Å². The Morgan fingerprint density at radius 2 is 2.05 bits per heavy atom. The molecular weight excluding hydrogens is 311 g/mol. The van der Waals surface area contributed by atoms with Gasteiger partial charge in [-0.05, 0) is 31.9 Å². The van der Waals surface area contributed by atoms with Gasteiger partial charge in [-0.1, -0.05) is 6.07 Å². The number of alkyl halides is 3. The van der Waals surface area contributed by atoms with Crippen molar-refractivity contribution in [3.05, 3.63) is 24.3 Å². The maximum Gasteiger partial charge on any atom is 0.573 e. The molecule has 1 aromatic rings. The van der Waals surface area contributed by atoms with Crippen molar-refractivity contribution in [2.45, 2.75) is 37.1 Å². The maximum atomic E-state index is 12.1. The zero-order valence-corrected chi connectivity index (χ0v) is 12.0. The smallest absolute Gasteiger partial charge is 0.406 e. The number of hydrogen-bond donors (Lipinski definition) is 2. The Morgan fingerprint density at radius 1 is 1.38 bits per heavy atom. The average Bonchev–Trinajstić information content (AvgIpc) is 2.34. The number of halogens is 3. The molecule has 0 bridgehead atoms. The van der Waals surface area contributed by atoms with Crippen LogP contribution in [0, 0.1) is 0 Å². The summed E-state index contributed by atoms with van der Waals surface area (Å²) in [7, 11) is -3.95. The lowest BCUT2D eigenvalue weighted by molar-refractivity contribution is -0.274. The Balaban J connectivity index is 2.86. The van der Waals surface area contributed by atoms with Gasteiger partial charge in [0.15, 0.2) is 0 Å². The fraction of sp³-hybridized carbons (Fsp3) is 0.500. The number of sulfonamides is 1. The second-order valence-electron chi connectivity index (χ2n) is 4.41. The van der Waals surface area contributed by atoms with Gasteiger partial charge in [-0.15, -0.1) is 13.2 Å². The summed E-state index contributed by atoms with van der Waals surface area (Å²) in [5.41, 5.74) is 0. The van der Waals surface area contributed by atoms with Crippen molar-refractivity contribution in [1.82, 2.24) is 4.72 Å². The first-order chi connectivity index (χ1) is 9.64. The van der Waals surface area contributed by atoms with Crippen LogP contribution in [0.1, 0.15) is 19.8 Å². The first-order valence-corrected chi connectivity index (χ1v) is 7.61. The normalized spacial score (nSPS) is 14.0. The van der Waals surface area contributed by atoms with Crippen molar-refractivity contribution >= 4 is 10.0 Å². The third-order valence-corrected chi connectivity index (χ3v) is 4.09. The first-order valence-electron chi connectivity index (χ1n) is 6.13. The molecule has 0 spiro atoms. The summed E-state index contributed by atoms with van der Waals surface area (Å²) in [5.74, 6) is -0.603. The molecule has 0 saturated carbocycles. The SMILES string of the molecule is CC(CCCO)NS(=O)(=O)c1cccc(OC(F)(F)F)c1. The molecule has 0 aromatic heterocycles. The molecule has 0 radical (unpaired) electrons. The highest BCUT2D eigenvalue weighted by molar-refractivity contribution is 7.89. The van der Waals surface area contributed by atoms with Crippen LogP contribution in [0.5, 0.6) is 5.75 Å². The quantitative estimate of drug-likeness (QED) is 0.803. The van der Waals surface area contributed by atoms with Gasteiger partial charge >= 0.3 is 6.36 Å². The fourth-order valence-corrected chi connectivity index (χ4v) is 2.94. The van der Waals surface area contributed by atoms with Crippen LogP contribution in [0.3, 0.4) is 0 Å². The minimum absolute atomic E-state index is 0.0685. The molecule has 1 unspecified atom stereocenters. The van der Waals surface area contributed by atoms with E-state index < -0.39 is 28.2 Å². The summed E-state index contributed by atoms with van der Waals surface area (Å²) in [6.07, 6.45) is -4.06. The van der Waals surface area contributed by atoms with Crippen LogP contribution in [0.25, 0.3) is 0 Å². The highest BCUT2D eigenvalue weighted by Gasteiger charge is 2.31. The summed E-state index contributed by atoms with van der Waals surface area (Å²) in [4.78, 5) is -0.319. The van der Waals surface area contributed by atoms with E-state index in [1.807, 2.05) is 0 Å². The van der Waals surface area contributed by atoms with E-state index in [-0.39, 0.29) is 11.5 Å². The van der Waals surface area contributed by atoms with E-state index in [1.165, 1.54) is 6.07 Å². The van der Waals surface area contributed by atoms with Crippen molar-refractivity contribution in [1.29, 1.82) is 0 Å². The third kappa shape index (κ3) is 6.32. The summed E-state index contributed by atoms with van der Waals surface area (Å²) in [5, 5.41) is 8.67. The molecule has 0 aliphatic carbocycles. The summed E-state index contributed by atoms with van der Waals surface area (Å²) in [6, 6.07) is 3.70. The van der Waals surface area contributed by atoms with Crippen LogP contribution in [0.15, 0.2) is 29.2 Å². The van der Waals surface area contributed by atoms with Gasteiger partial charge in [0.25, 0.3) is 0 Å². The Kier molecular flexibility index (Phi) is 5.99. The minimum atomic E-state index is -4.88. The van der Waals surface area contributed by atoms with Gasteiger partial charge in [-0.25, -0.2) is 13.1 Å². The van der Waals surface area contributed by atoms with E-state index in [0.717, 1.165) is 18.2 Å². The lowest BCUT2D eigenvalue weighted by Gasteiger charge is -2.14. The number of ether oxygens (including phenoxy) is 1. The zero-order valence-electron chi connectivity index (χ0n) is 11.2. The van der Waals surface area contributed by atoms with E-state index >= 15 is 0 Å². The molecular formula is C12H16F3NO4S. The minimum Gasteiger partial charge on any atom is -0.406 e. The lowest BCUT2D eigenvalue weighted by Crippen LogP contribution is -2.32. The molecule has 5 nitrogen and oxygen atoms in total. The number of hydrogen-bond acceptors (Lipinski definition) is 4. The summed E-state index contributed by atoms with van der Waals surface area (Å²) in [6.45, 7) is 1.53. The van der Waals surface area contributed by atoms with Gasteiger partial charge in [-0.3, -0.25) is 0 Å². The van der Waals surface area contributed by atoms with Crippen molar-refractivity contribution in [3.8, 4) is 5.75 Å². The van der Waals surface area contributed by atoms with Crippen LogP contribution in [-0.4, -0.2) is 32.5 Å². The largest absolute Gasteiger partial charge is 0.573 e. The lowest BCUT2D eigenvalue weighted by atomic mass is 10.2. The molecule has 0 heterocycles. The summed E-state index contributed by atoms with van der Waals surface area (Å²) >= 11 is 0. The third-order valence-electron chi connectivity index (χ3n) is 2.50. The zero-order chi connectivity index (χ0) is 16.1. The van der Waals surface area contributed by atoms with Crippen LogP contribution >= 0.6 is 0 Å². The Hall–Kier alpha value is -1.32. The monoisotopic (exact) mass is 327 g/mol. The molecule has 0 aliphatic rings. The van der Waals surface area contributed by atoms with Crippen LogP contribution in [0.2, 0.25) is 0 Å². The van der Waals surface area contributed by atoms with Gasteiger partial charge in [0.1, 0.15) is 5.75 Å². The van der Waals surface area contributed by atoms with E-state index in [9.17, 15) is 21.6 Å². The van der Waals surface area contributed by atoms with Crippen molar-refractivity contribution in [3.63, 3.8) is 0 Å². The molecule has 0 saturated heterocycles. The number of aliphatic hydroxyl groups is 1. The van der Waals surface area contributed by atoms with Gasteiger partial charge in [0.05, 0.1) is 4.90 Å². The van der Waals surface area contributed by atoms with Crippen LogP contribution < -0.4 is 9.46 Å². The molecule has 1 atom stereocenters. The highest BCUT2D eigenvalue weighted by atomic mass is 32.2. The number of aliphatic hydroxyl groups excluding tert-OH is 1. The van der Waals surface area contributed by atoms with Gasteiger partial charge in [0.2, 0.25) is 10.0 Å². The topological polar surface area (TPSA) is 75.6 Å². The Morgan fingerprint density at radius 3 is 2.62 bits per heavy atom. The molecule has 2 N–H and O–H groups in total. The van der Waals surface area contributed by atoms with Crippen molar-refractivity contribution in [2.75, 3.05) is 6.61 Å². The predicted octanol–water partition coefficient (Wildman–Crippen LogP) is 2.02. The molecule has 0 amide bonds.